The molecule has 34 heteroatoms. The molecule has 0 aliphatic carbocycles. The molecule has 0 amide bonds. The fourth-order valence-electron chi connectivity index (χ4n) is 11.2. The summed E-state index contributed by atoms with van der Waals surface area (Å²) < 4.78 is 56.7. The average molecular weight is 1670 g/mol. The van der Waals surface area contributed by atoms with E-state index in [1.807, 2.05) is 113 Å². The summed E-state index contributed by atoms with van der Waals surface area (Å²) in [6.07, 6.45) is 14.7. The third kappa shape index (κ3) is 18.7. The van der Waals surface area contributed by atoms with Crippen LogP contribution in [-0.2, 0) is 0 Å². The second-order valence-electron chi connectivity index (χ2n) is 22.6. The molecule has 2 fully saturated rings. The molecule has 0 saturated carbocycles. The Kier molecular flexibility index (Phi) is 27.0. The second kappa shape index (κ2) is 36.3. The van der Waals surface area contributed by atoms with Crippen LogP contribution < -0.4 is 69.2 Å². The lowest BCUT2D eigenvalue weighted by Gasteiger charge is -2.24. The van der Waals surface area contributed by atoms with Gasteiger partial charge >= 0.3 is 0 Å². The molecular formula is C70H73Br3Cl3N17O11. The van der Waals surface area contributed by atoms with Crippen LogP contribution in [0.1, 0.15) is 25.7 Å². The van der Waals surface area contributed by atoms with Gasteiger partial charge in [0.15, 0.2) is 34.5 Å². The van der Waals surface area contributed by atoms with Gasteiger partial charge in [0.1, 0.15) is 53.2 Å². The molecule has 0 bridgehead atoms. The maximum absolute atomic E-state index is 9.82. The molecule has 28 nitrogen and oxygen atoms in total. The first kappa shape index (κ1) is 77.2. The predicted octanol–water partition coefficient (Wildman–Crippen LogP) is 14.2. The van der Waals surface area contributed by atoms with Gasteiger partial charge in [-0.1, -0.05) is 59.4 Å². The molecule has 14 rings (SSSR count). The monoisotopic (exact) mass is 1670 g/mol. The number of imidazole rings is 3. The first-order valence-electron chi connectivity index (χ1n) is 31.8. The van der Waals surface area contributed by atoms with Crippen molar-refractivity contribution in [3.63, 3.8) is 0 Å². The van der Waals surface area contributed by atoms with Crippen LogP contribution in [0.25, 0.3) is 49.8 Å². The van der Waals surface area contributed by atoms with Gasteiger partial charge in [0.05, 0.1) is 135 Å². The van der Waals surface area contributed by atoms with Crippen molar-refractivity contribution in [1.29, 1.82) is 0 Å². The molecule has 546 valence electrons. The molecular weight excluding hydrogens is 1600 g/mol. The number of nitrogen functional groups attached to an aromatic ring is 1. The summed E-state index contributed by atoms with van der Waals surface area (Å²) in [4.78, 5) is 41.1. The van der Waals surface area contributed by atoms with E-state index in [1.54, 1.807) is 93.7 Å². The van der Waals surface area contributed by atoms with Crippen molar-refractivity contribution in [2.24, 2.45) is 0 Å². The average Bonchev–Trinajstić information content (AvgIpc) is 1.87. The minimum Gasteiger partial charge on any atom is -0.493 e. The number of benzene rings is 6. The second-order valence-corrected chi connectivity index (χ2v) is 26.3. The van der Waals surface area contributed by atoms with Gasteiger partial charge in [-0.15, -0.1) is 0 Å². The molecule has 2 saturated heterocycles. The SMILES string of the molecule is COc1cc(-n2cnc(N)c2)cc(OC)c1OC.COc1cc(-n2cnc(Nc3nc(Cl)nc4cc(Br)ccc34)c2)cc(OC)c1OC.COc1cc(-n2cnc(Nc3nc(N4CCC[C@H]4CO)nc4cc(Br)ccc34)c2)cc(OC)c1OC.Clc1nc(Cl)c2ccc(Br)cc2n1.OC[C@@H]1CCCN1. The van der Waals surface area contributed by atoms with E-state index in [4.69, 9.17) is 98.2 Å². The molecule has 7 N–H and O–H groups in total. The highest BCUT2D eigenvalue weighted by Crippen LogP contribution is 2.43. The number of aromatic nitrogens is 12. The Hall–Kier alpha value is -9.44. The van der Waals surface area contributed by atoms with Crippen LogP contribution in [0.3, 0.4) is 0 Å². The number of hydrogen-bond donors (Lipinski definition) is 6. The van der Waals surface area contributed by atoms with Crippen molar-refractivity contribution in [3.8, 4) is 68.8 Å². The topological polar surface area (TPSA) is 320 Å². The zero-order chi connectivity index (χ0) is 74.1. The summed E-state index contributed by atoms with van der Waals surface area (Å²) in [5.74, 6) is 8.40. The lowest BCUT2D eigenvalue weighted by Crippen LogP contribution is -2.33. The van der Waals surface area contributed by atoms with Crippen molar-refractivity contribution < 1.29 is 52.8 Å². The quantitative estimate of drug-likeness (QED) is 0.0324. The van der Waals surface area contributed by atoms with E-state index in [0.717, 1.165) is 95.5 Å². The van der Waals surface area contributed by atoms with Gasteiger partial charge in [-0.05, 0) is 110 Å². The summed E-state index contributed by atoms with van der Waals surface area (Å²) in [6, 6.07) is 28.6. The lowest BCUT2D eigenvalue weighted by molar-refractivity contribution is 0.255. The first-order valence-corrected chi connectivity index (χ1v) is 35.3. The van der Waals surface area contributed by atoms with Gasteiger partial charge in [-0.2, -0.15) is 9.97 Å². The summed E-state index contributed by atoms with van der Waals surface area (Å²) >= 11 is 27.9. The highest BCUT2D eigenvalue weighted by atomic mass is 79.9. The molecule has 12 aromatic rings. The van der Waals surface area contributed by atoms with Crippen molar-refractivity contribution in [2.45, 2.75) is 37.8 Å². The van der Waals surface area contributed by atoms with Gasteiger partial charge in [-0.3, -0.25) is 0 Å². The molecule has 0 unspecified atom stereocenters. The largest absolute Gasteiger partial charge is 0.493 e. The van der Waals surface area contributed by atoms with Gasteiger partial charge in [0.2, 0.25) is 33.8 Å². The van der Waals surface area contributed by atoms with E-state index in [9.17, 15) is 5.11 Å². The number of rotatable bonds is 19. The minimum absolute atomic E-state index is 0.0155. The fourth-order valence-corrected chi connectivity index (χ4v) is 12.8. The molecule has 6 aromatic carbocycles. The number of nitrogens with two attached hydrogens (primary N) is 1. The van der Waals surface area contributed by atoms with Crippen molar-refractivity contribution in [2.75, 3.05) is 112 Å². The maximum atomic E-state index is 9.82. The number of ether oxygens (including phenoxy) is 9. The summed E-state index contributed by atoms with van der Waals surface area (Å²) in [7, 11) is 14.2. The highest BCUT2D eigenvalue weighted by molar-refractivity contribution is 9.11. The zero-order valence-electron chi connectivity index (χ0n) is 57.7. The van der Waals surface area contributed by atoms with E-state index < -0.39 is 0 Å². The maximum Gasteiger partial charge on any atom is 0.228 e. The molecule has 2 aliphatic heterocycles. The number of aliphatic hydroxyl groups is 2. The third-order valence-electron chi connectivity index (χ3n) is 16.2. The van der Waals surface area contributed by atoms with Crippen molar-refractivity contribution in [3.05, 3.63) is 158 Å². The van der Waals surface area contributed by atoms with Crippen LogP contribution in [0.2, 0.25) is 15.7 Å². The Morgan fingerprint density at radius 2 is 0.894 bits per heavy atom. The molecule has 2 atom stereocenters. The number of halogens is 6. The first-order chi connectivity index (χ1) is 50.3. The van der Waals surface area contributed by atoms with Crippen molar-refractivity contribution in [1.82, 2.24) is 63.9 Å². The Balaban J connectivity index is 0.000000152. The smallest absolute Gasteiger partial charge is 0.228 e. The van der Waals surface area contributed by atoms with Crippen LogP contribution in [0.5, 0.6) is 51.7 Å². The number of anilines is 6. The fraction of sp³-hybridized carbons (Fsp3) is 0.271. The number of nitrogens with zero attached hydrogens (tertiary/aromatic N) is 13. The Morgan fingerprint density at radius 1 is 0.481 bits per heavy atom. The highest BCUT2D eigenvalue weighted by Gasteiger charge is 2.28. The summed E-state index contributed by atoms with van der Waals surface area (Å²) in [6.45, 7) is 2.27. The van der Waals surface area contributed by atoms with E-state index in [0.29, 0.717) is 105 Å². The van der Waals surface area contributed by atoms with Crippen molar-refractivity contribution >= 4 is 150 Å². The normalized spacial score (nSPS) is 13.6. The number of hydrogen-bond acceptors (Lipinski definition) is 25. The van der Waals surface area contributed by atoms with Gasteiger partial charge in [-0.25, -0.2) is 34.9 Å². The molecule has 8 heterocycles. The van der Waals surface area contributed by atoms with Gasteiger partial charge in [0.25, 0.3) is 0 Å². The number of fused-ring (bicyclic) bond motifs is 3. The number of aliphatic hydroxyl groups excluding tert-OH is 2. The van der Waals surface area contributed by atoms with Crippen LogP contribution in [0.4, 0.5) is 35.0 Å². The number of nitrogens with one attached hydrogen (secondary N) is 3. The molecule has 104 heavy (non-hydrogen) atoms. The zero-order valence-corrected chi connectivity index (χ0v) is 64.7. The Labute approximate surface area is 638 Å². The van der Waals surface area contributed by atoms with Crippen LogP contribution in [-0.4, -0.2) is 171 Å². The van der Waals surface area contributed by atoms with Gasteiger partial charge < -0.3 is 93.1 Å². The standard InChI is InChI=1S/C25H27BrN6O4.C20H17BrClN5O3.C12H15N3O3.C8H3BrCl2N2.C5H11NO/c1-34-20-10-17(11-21(35-2)23(20)36-3)31-12-22(27-14-31)29-24-18-7-6-15(26)9-19(18)28-25(30-24)32-8-4-5-16(32)13-33;1-28-15-7-12(8-16(29-2)18(15)30-3)27-9-17(23-10-27)25-19-13-5-4-11(21)6-14(13)24-20(22)26-19;1-16-9-4-8(15-6-11(13)14-7-15)5-10(17-2)12(9)18-3;9-4-1-2-5-6(3-4)12-8(11)13-7(5)10;7-4-5-2-1-3-6-5/h6-7,9-12,14,16,33H,4-5,8,13H2,1-3H3,(H,28,29,30);4-10H,1-3H3,(H,24,25,26);4-7H,13H2,1-3H3;1-3H;5-7H,1-4H2/t16-;;;;5-/m0...0/s1. The Morgan fingerprint density at radius 3 is 1.29 bits per heavy atom. The van der Waals surface area contributed by atoms with E-state index in [-0.39, 0.29) is 23.2 Å². The molecule has 2 aliphatic rings. The minimum atomic E-state index is 0.0155. The van der Waals surface area contributed by atoms with Crippen LogP contribution in [0.15, 0.2) is 142 Å². The van der Waals surface area contributed by atoms with Crippen LogP contribution >= 0.6 is 82.6 Å². The molecule has 6 aromatic heterocycles. The summed E-state index contributed by atoms with van der Waals surface area (Å²) in [5, 5.41) is 31.2. The predicted molar refractivity (Wildman–Crippen MR) is 413 cm³/mol. The summed E-state index contributed by atoms with van der Waals surface area (Å²) in [5.41, 5.74) is 10.3. The molecule has 0 spiro atoms. The molecule has 0 radical (unpaired) electrons. The van der Waals surface area contributed by atoms with Gasteiger partial charge in [0, 0.05) is 78.6 Å². The van der Waals surface area contributed by atoms with E-state index in [2.05, 4.69) is 104 Å². The third-order valence-corrected chi connectivity index (χ3v) is 18.3. The Bertz CT molecular complexity index is 4850. The van der Waals surface area contributed by atoms with E-state index >= 15 is 0 Å². The van der Waals surface area contributed by atoms with Crippen LogP contribution in [0, 0.1) is 0 Å². The van der Waals surface area contributed by atoms with E-state index in [1.165, 1.54) is 6.42 Å². The lowest BCUT2D eigenvalue weighted by atomic mass is 10.2. The number of methoxy groups -OCH3 is 9.